The Hall–Kier alpha value is -2.51. The summed E-state index contributed by atoms with van der Waals surface area (Å²) < 4.78 is 0. The van der Waals surface area contributed by atoms with Crippen LogP contribution in [0.2, 0.25) is 5.02 Å². The van der Waals surface area contributed by atoms with Crippen LogP contribution in [0.25, 0.3) is 0 Å². The normalized spacial score (nSPS) is 11.4. The van der Waals surface area contributed by atoms with Gasteiger partial charge in [0.05, 0.1) is 11.6 Å². The van der Waals surface area contributed by atoms with Crippen LogP contribution in [0.3, 0.4) is 0 Å². The fourth-order valence-electron chi connectivity index (χ4n) is 1.76. The first kappa shape index (κ1) is 13.9. The lowest BCUT2D eigenvalue weighted by Crippen LogP contribution is -2.09. The highest BCUT2D eigenvalue weighted by atomic mass is 35.5. The van der Waals surface area contributed by atoms with Gasteiger partial charge in [-0.2, -0.15) is 5.26 Å². The number of nitrogens with zero attached hydrogens (tertiary/aromatic N) is 1. The first-order valence-electron chi connectivity index (χ1n) is 5.86. The summed E-state index contributed by atoms with van der Waals surface area (Å²) in [5.74, 6) is -0.987. The summed E-state index contributed by atoms with van der Waals surface area (Å²) in [6.45, 7) is 0. The first-order valence-corrected chi connectivity index (χ1v) is 6.23. The molecule has 2 rings (SSSR count). The summed E-state index contributed by atoms with van der Waals surface area (Å²) in [6.07, 6.45) is 0. The molecule has 0 aliphatic rings. The highest BCUT2D eigenvalue weighted by Crippen LogP contribution is 2.25. The van der Waals surface area contributed by atoms with Gasteiger partial charge in [0.1, 0.15) is 6.04 Å². The lowest BCUT2D eigenvalue weighted by atomic mass is 10.1. The summed E-state index contributed by atoms with van der Waals surface area (Å²) in [4.78, 5) is 10.8. The number of anilines is 1. The third kappa shape index (κ3) is 3.08. The topological polar surface area (TPSA) is 73.1 Å². The van der Waals surface area contributed by atoms with Crippen molar-refractivity contribution in [3.63, 3.8) is 0 Å². The minimum Gasteiger partial charge on any atom is -0.478 e. The molecule has 20 heavy (non-hydrogen) atoms. The molecule has 0 saturated carbocycles. The van der Waals surface area contributed by atoms with Crippen LogP contribution in [0.5, 0.6) is 0 Å². The van der Waals surface area contributed by atoms with E-state index in [1.165, 1.54) is 12.1 Å². The smallest absolute Gasteiger partial charge is 0.335 e. The number of halogens is 1. The predicted molar refractivity (Wildman–Crippen MR) is 76.8 cm³/mol. The Balaban J connectivity index is 2.21. The van der Waals surface area contributed by atoms with Crippen LogP contribution in [-0.2, 0) is 0 Å². The van der Waals surface area contributed by atoms with Crippen LogP contribution in [-0.4, -0.2) is 11.1 Å². The van der Waals surface area contributed by atoms with E-state index in [0.717, 1.165) is 0 Å². The lowest BCUT2D eigenvalue weighted by molar-refractivity contribution is 0.0697. The van der Waals surface area contributed by atoms with E-state index >= 15 is 0 Å². The van der Waals surface area contributed by atoms with Crippen molar-refractivity contribution >= 4 is 23.3 Å². The van der Waals surface area contributed by atoms with Crippen molar-refractivity contribution in [3.05, 3.63) is 64.7 Å². The molecule has 2 aromatic carbocycles. The number of nitrogens with one attached hydrogen (secondary N) is 1. The molecule has 0 spiro atoms. The van der Waals surface area contributed by atoms with Gasteiger partial charge >= 0.3 is 5.97 Å². The average Bonchev–Trinajstić information content (AvgIpc) is 2.46. The molecule has 0 fully saturated rings. The van der Waals surface area contributed by atoms with Crippen LogP contribution < -0.4 is 5.32 Å². The molecule has 0 aliphatic carbocycles. The van der Waals surface area contributed by atoms with E-state index in [0.29, 0.717) is 16.3 Å². The number of hydrogen-bond acceptors (Lipinski definition) is 3. The molecule has 1 unspecified atom stereocenters. The van der Waals surface area contributed by atoms with Crippen molar-refractivity contribution in [2.24, 2.45) is 0 Å². The maximum atomic E-state index is 10.8. The number of carboxylic acids is 1. The van der Waals surface area contributed by atoms with Gasteiger partial charge in [0.25, 0.3) is 0 Å². The zero-order valence-corrected chi connectivity index (χ0v) is 11.1. The largest absolute Gasteiger partial charge is 0.478 e. The number of carbonyl (C=O) groups is 1. The Bertz CT molecular complexity index is 662. The summed E-state index contributed by atoms with van der Waals surface area (Å²) in [7, 11) is 0. The molecule has 0 bridgehead atoms. The Kier molecular flexibility index (Phi) is 4.24. The van der Waals surface area contributed by atoms with Crippen molar-refractivity contribution in [2.75, 3.05) is 5.32 Å². The van der Waals surface area contributed by atoms with Gasteiger partial charge in [0.15, 0.2) is 0 Å². The molecule has 0 saturated heterocycles. The Morgan fingerprint density at radius 2 is 1.85 bits per heavy atom. The van der Waals surface area contributed by atoms with Crippen LogP contribution in [0.15, 0.2) is 48.5 Å². The maximum absolute atomic E-state index is 10.8. The summed E-state index contributed by atoms with van der Waals surface area (Å²) in [5, 5.41) is 21.6. The minimum absolute atomic E-state index is 0.196. The molecule has 2 aromatic rings. The molecule has 1 atom stereocenters. The molecule has 100 valence electrons. The molecule has 0 heterocycles. The van der Waals surface area contributed by atoms with Gasteiger partial charge in [-0.1, -0.05) is 29.8 Å². The van der Waals surface area contributed by atoms with Gasteiger partial charge in [0.2, 0.25) is 0 Å². The van der Waals surface area contributed by atoms with Gasteiger partial charge in [0, 0.05) is 16.3 Å². The third-order valence-corrected chi connectivity index (χ3v) is 3.13. The van der Waals surface area contributed by atoms with Crippen molar-refractivity contribution in [1.29, 1.82) is 5.26 Å². The number of aromatic carboxylic acids is 1. The summed E-state index contributed by atoms with van der Waals surface area (Å²) >= 11 is 6.06. The van der Waals surface area contributed by atoms with E-state index in [1.807, 2.05) is 0 Å². The Morgan fingerprint density at radius 3 is 2.40 bits per heavy atom. The average molecular weight is 287 g/mol. The standard InChI is InChI=1S/C15H11ClN2O2/c16-13-4-2-1-3-12(13)14(9-17)18-11-7-5-10(6-8-11)15(19)20/h1-8,14,18H,(H,19,20). The fraction of sp³-hybridized carbons (Fsp3) is 0.0667. The molecular formula is C15H11ClN2O2. The predicted octanol–water partition coefficient (Wildman–Crippen LogP) is 3.71. The number of benzene rings is 2. The molecule has 5 heteroatoms. The molecule has 0 aliphatic heterocycles. The van der Waals surface area contributed by atoms with Crippen LogP contribution in [0, 0.1) is 11.3 Å². The number of hydrogen-bond donors (Lipinski definition) is 2. The van der Waals surface area contributed by atoms with Crippen molar-refractivity contribution in [3.8, 4) is 6.07 Å². The second-order valence-electron chi connectivity index (χ2n) is 4.11. The van der Waals surface area contributed by atoms with Gasteiger partial charge in [-0.3, -0.25) is 0 Å². The van der Waals surface area contributed by atoms with E-state index < -0.39 is 12.0 Å². The number of carboxylic acid groups (broad SMARTS) is 1. The number of rotatable bonds is 4. The Morgan fingerprint density at radius 1 is 1.20 bits per heavy atom. The van der Waals surface area contributed by atoms with E-state index in [9.17, 15) is 10.1 Å². The lowest BCUT2D eigenvalue weighted by Gasteiger charge is -2.14. The highest BCUT2D eigenvalue weighted by Gasteiger charge is 2.13. The SMILES string of the molecule is N#CC(Nc1ccc(C(=O)O)cc1)c1ccccc1Cl. The maximum Gasteiger partial charge on any atom is 0.335 e. The quantitative estimate of drug-likeness (QED) is 0.898. The van der Waals surface area contributed by atoms with Gasteiger partial charge < -0.3 is 10.4 Å². The van der Waals surface area contributed by atoms with Crippen molar-refractivity contribution in [1.82, 2.24) is 0 Å². The summed E-state index contributed by atoms with van der Waals surface area (Å²) in [6, 6.07) is 14.8. The summed E-state index contributed by atoms with van der Waals surface area (Å²) in [5.41, 5.74) is 1.53. The van der Waals surface area contributed by atoms with Crippen molar-refractivity contribution < 1.29 is 9.90 Å². The minimum atomic E-state index is -0.987. The molecule has 0 radical (unpaired) electrons. The second-order valence-corrected chi connectivity index (χ2v) is 4.52. The molecular weight excluding hydrogens is 276 g/mol. The zero-order chi connectivity index (χ0) is 14.5. The fourth-order valence-corrected chi connectivity index (χ4v) is 2.01. The van der Waals surface area contributed by atoms with Gasteiger partial charge in [-0.25, -0.2) is 4.79 Å². The van der Waals surface area contributed by atoms with Crippen LogP contribution in [0.1, 0.15) is 22.0 Å². The van der Waals surface area contributed by atoms with Gasteiger partial charge in [-0.05, 0) is 30.3 Å². The van der Waals surface area contributed by atoms with Crippen molar-refractivity contribution in [2.45, 2.75) is 6.04 Å². The van der Waals surface area contributed by atoms with Crippen LogP contribution >= 0.6 is 11.6 Å². The molecule has 0 aromatic heterocycles. The highest BCUT2D eigenvalue weighted by molar-refractivity contribution is 6.31. The molecule has 4 nitrogen and oxygen atoms in total. The third-order valence-electron chi connectivity index (χ3n) is 2.79. The van der Waals surface area contributed by atoms with Crippen LogP contribution in [0.4, 0.5) is 5.69 Å². The van der Waals surface area contributed by atoms with E-state index in [1.54, 1.807) is 36.4 Å². The van der Waals surface area contributed by atoms with E-state index in [-0.39, 0.29) is 5.56 Å². The second kappa shape index (κ2) is 6.09. The molecule has 0 amide bonds. The first-order chi connectivity index (χ1) is 9.61. The Labute approximate surface area is 121 Å². The zero-order valence-electron chi connectivity index (χ0n) is 10.4. The number of nitriles is 1. The monoisotopic (exact) mass is 286 g/mol. The van der Waals surface area contributed by atoms with Gasteiger partial charge in [-0.15, -0.1) is 0 Å². The molecule has 2 N–H and O–H groups in total. The van der Waals surface area contributed by atoms with E-state index in [2.05, 4.69) is 11.4 Å². The van der Waals surface area contributed by atoms with E-state index in [4.69, 9.17) is 16.7 Å².